The number of aliphatic hydroxyl groups excluding tert-OH is 1. The van der Waals surface area contributed by atoms with E-state index in [1.54, 1.807) is 12.1 Å². The van der Waals surface area contributed by atoms with Gasteiger partial charge >= 0.3 is 0 Å². The summed E-state index contributed by atoms with van der Waals surface area (Å²) >= 11 is 0. The third-order valence-corrected chi connectivity index (χ3v) is 6.75. The Morgan fingerprint density at radius 2 is 1.85 bits per heavy atom. The van der Waals surface area contributed by atoms with Crippen molar-refractivity contribution in [1.82, 2.24) is 4.90 Å². The number of likely N-dealkylation sites (tertiary alicyclic amines) is 1. The molecule has 1 aromatic carbocycles. The van der Waals surface area contributed by atoms with Crippen LogP contribution in [0.1, 0.15) is 24.8 Å². The van der Waals surface area contributed by atoms with Gasteiger partial charge in [0.05, 0.1) is 17.5 Å². The summed E-state index contributed by atoms with van der Waals surface area (Å²) in [4.78, 5) is 2.24. The number of hydrogen-bond donors (Lipinski definition) is 1. The van der Waals surface area contributed by atoms with E-state index >= 15 is 0 Å². The first-order chi connectivity index (χ1) is 12.5. The molecule has 4 rings (SSSR count). The topological polar surface area (TPSA) is 85.3 Å². The van der Waals surface area contributed by atoms with E-state index in [4.69, 9.17) is 13.7 Å². The maximum Gasteiger partial charge on any atom is 0.297 e. The zero-order valence-electron chi connectivity index (χ0n) is 14.8. The van der Waals surface area contributed by atoms with Crippen molar-refractivity contribution in [3.8, 4) is 0 Å². The number of ether oxygens (including phenoxy) is 2. The first-order valence-corrected chi connectivity index (χ1v) is 10.6. The fourth-order valence-electron chi connectivity index (χ4n) is 4.04. The van der Waals surface area contributed by atoms with Gasteiger partial charge < -0.3 is 14.6 Å². The summed E-state index contributed by atoms with van der Waals surface area (Å²) in [6.45, 7) is 3.95. The van der Waals surface area contributed by atoms with Crippen LogP contribution in [0.25, 0.3) is 0 Å². The van der Waals surface area contributed by atoms with E-state index in [2.05, 4.69) is 4.90 Å². The molecule has 0 spiro atoms. The normalized spacial score (nSPS) is 35.5. The summed E-state index contributed by atoms with van der Waals surface area (Å²) in [6.07, 6.45) is 0.116. The van der Waals surface area contributed by atoms with E-state index in [0.717, 1.165) is 31.5 Å². The Balaban J connectivity index is 1.56. The highest BCUT2D eigenvalue weighted by atomic mass is 32.2. The van der Waals surface area contributed by atoms with Gasteiger partial charge in [0.2, 0.25) is 0 Å². The number of nitrogens with zero attached hydrogens (tertiary/aromatic N) is 1. The molecular formula is C18H25NO6S. The lowest BCUT2D eigenvalue weighted by Gasteiger charge is -2.44. The number of hydrogen-bond acceptors (Lipinski definition) is 7. The molecule has 0 aliphatic carbocycles. The Hall–Kier alpha value is -1.03. The maximum atomic E-state index is 12.7. The first-order valence-electron chi connectivity index (χ1n) is 9.15. The third-order valence-electron chi connectivity index (χ3n) is 5.43. The molecule has 3 aliphatic rings. The summed E-state index contributed by atoms with van der Waals surface area (Å²) < 4.78 is 42.1. The Morgan fingerprint density at radius 3 is 2.54 bits per heavy atom. The molecule has 1 aromatic rings. The molecule has 0 amide bonds. The molecule has 3 saturated heterocycles. The molecular weight excluding hydrogens is 358 g/mol. The van der Waals surface area contributed by atoms with Crippen LogP contribution in [0.5, 0.6) is 0 Å². The molecule has 26 heavy (non-hydrogen) atoms. The number of piperidine rings is 1. The van der Waals surface area contributed by atoms with E-state index in [1.165, 1.54) is 18.6 Å². The molecule has 5 atom stereocenters. The molecule has 0 saturated carbocycles. The van der Waals surface area contributed by atoms with Crippen molar-refractivity contribution < 1.29 is 27.2 Å². The lowest BCUT2D eigenvalue weighted by molar-refractivity contribution is -0.208. The Bertz CT molecular complexity index is 731. The molecule has 0 radical (unpaired) electrons. The van der Waals surface area contributed by atoms with Crippen molar-refractivity contribution in [3.63, 3.8) is 0 Å². The van der Waals surface area contributed by atoms with Crippen LogP contribution >= 0.6 is 0 Å². The van der Waals surface area contributed by atoms with Crippen LogP contribution in [0, 0.1) is 6.92 Å². The molecule has 3 fully saturated rings. The zero-order valence-corrected chi connectivity index (χ0v) is 15.6. The predicted octanol–water partition coefficient (Wildman–Crippen LogP) is 1.04. The molecule has 8 heteroatoms. The van der Waals surface area contributed by atoms with Gasteiger partial charge in [0.25, 0.3) is 10.1 Å². The van der Waals surface area contributed by atoms with Crippen molar-refractivity contribution in [2.75, 3.05) is 19.7 Å². The number of aryl methyl sites for hydroxylation is 1. The van der Waals surface area contributed by atoms with Crippen LogP contribution < -0.4 is 0 Å². The minimum absolute atomic E-state index is 0.0601. The molecule has 3 aliphatic heterocycles. The van der Waals surface area contributed by atoms with Gasteiger partial charge in [-0.25, -0.2) is 0 Å². The van der Waals surface area contributed by atoms with Crippen LogP contribution in [0.3, 0.4) is 0 Å². The zero-order chi connectivity index (χ0) is 18.3. The predicted molar refractivity (Wildman–Crippen MR) is 93.1 cm³/mol. The van der Waals surface area contributed by atoms with Gasteiger partial charge in [-0.05, 0) is 45.0 Å². The van der Waals surface area contributed by atoms with E-state index in [0.29, 0.717) is 6.61 Å². The average molecular weight is 383 g/mol. The Kier molecular flexibility index (Phi) is 5.06. The molecule has 3 heterocycles. The number of fused-ring (bicyclic) bond motifs is 2. The van der Waals surface area contributed by atoms with Crippen molar-refractivity contribution >= 4 is 10.1 Å². The van der Waals surface area contributed by atoms with Crippen LogP contribution in [0.15, 0.2) is 29.2 Å². The van der Waals surface area contributed by atoms with Gasteiger partial charge in [-0.15, -0.1) is 0 Å². The molecule has 2 bridgehead atoms. The Morgan fingerprint density at radius 1 is 1.15 bits per heavy atom. The van der Waals surface area contributed by atoms with Crippen LogP contribution in [-0.4, -0.2) is 68.8 Å². The molecule has 7 nitrogen and oxygen atoms in total. The smallest absolute Gasteiger partial charge is 0.297 e. The van der Waals surface area contributed by atoms with Gasteiger partial charge in [-0.2, -0.15) is 8.42 Å². The van der Waals surface area contributed by atoms with Gasteiger partial charge in [0.1, 0.15) is 12.2 Å². The minimum Gasteiger partial charge on any atom is -0.388 e. The quantitative estimate of drug-likeness (QED) is 0.778. The number of rotatable bonds is 4. The summed E-state index contributed by atoms with van der Waals surface area (Å²) in [5.41, 5.74) is 0.956. The Labute approximate surface area is 154 Å². The minimum atomic E-state index is -4.03. The second-order valence-corrected chi connectivity index (χ2v) is 8.85. The van der Waals surface area contributed by atoms with E-state index in [1.807, 2.05) is 6.92 Å². The standard InChI is InChI=1S/C18H25NO6S/c1-12-5-7-13(8-6-12)26(21,22)25-17-16(20)15(14-11-23-18(17)24-14)19-9-3-2-4-10-19/h5-8,14-18,20H,2-4,9-11H2,1H3/t14-,15-,16-,17-,18-/m1/s1. The summed E-state index contributed by atoms with van der Waals surface area (Å²) in [7, 11) is -4.03. The highest BCUT2D eigenvalue weighted by Crippen LogP contribution is 2.35. The lowest BCUT2D eigenvalue weighted by atomic mass is 9.94. The summed E-state index contributed by atoms with van der Waals surface area (Å²) in [6, 6.07) is 6.11. The summed E-state index contributed by atoms with van der Waals surface area (Å²) in [5.74, 6) is 0. The van der Waals surface area contributed by atoms with Crippen LogP contribution in [-0.2, 0) is 23.8 Å². The monoisotopic (exact) mass is 383 g/mol. The largest absolute Gasteiger partial charge is 0.388 e. The second kappa shape index (κ2) is 7.18. The third kappa shape index (κ3) is 3.42. The highest BCUT2D eigenvalue weighted by molar-refractivity contribution is 7.86. The van der Waals surface area contributed by atoms with Gasteiger partial charge in [-0.3, -0.25) is 9.08 Å². The molecule has 1 N–H and O–H groups in total. The van der Waals surface area contributed by atoms with Gasteiger partial charge in [0.15, 0.2) is 12.4 Å². The molecule has 0 aromatic heterocycles. The first kappa shape index (κ1) is 18.3. The van der Waals surface area contributed by atoms with E-state index in [9.17, 15) is 13.5 Å². The average Bonchev–Trinajstić information content (AvgIpc) is 3.06. The fourth-order valence-corrected chi connectivity index (χ4v) is 5.12. The van der Waals surface area contributed by atoms with E-state index in [-0.39, 0.29) is 17.0 Å². The highest BCUT2D eigenvalue weighted by Gasteiger charge is 2.54. The lowest BCUT2D eigenvalue weighted by Crippen LogP contribution is -2.62. The van der Waals surface area contributed by atoms with Crippen molar-refractivity contribution in [3.05, 3.63) is 29.8 Å². The van der Waals surface area contributed by atoms with Crippen molar-refractivity contribution in [2.24, 2.45) is 0 Å². The van der Waals surface area contributed by atoms with Gasteiger partial charge in [-0.1, -0.05) is 24.1 Å². The van der Waals surface area contributed by atoms with E-state index < -0.39 is 28.6 Å². The molecule has 144 valence electrons. The van der Waals surface area contributed by atoms with Gasteiger partial charge in [0, 0.05) is 0 Å². The number of aliphatic hydroxyl groups is 1. The molecule has 0 unspecified atom stereocenters. The van der Waals surface area contributed by atoms with Crippen LogP contribution in [0.4, 0.5) is 0 Å². The summed E-state index contributed by atoms with van der Waals surface area (Å²) in [5, 5.41) is 10.9. The van der Waals surface area contributed by atoms with Crippen molar-refractivity contribution in [1.29, 1.82) is 0 Å². The number of benzene rings is 1. The van der Waals surface area contributed by atoms with Crippen molar-refractivity contribution in [2.45, 2.75) is 61.7 Å². The second-order valence-electron chi connectivity index (χ2n) is 7.28. The SMILES string of the molecule is Cc1ccc(S(=O)(=O)O[C@H]2[C@@H]3OC[C@@H](O3)[C@@H](N3CCCCC3)[C@H]2O)cc1. The maximum absolute atomic E-state index is 12.7. The van der Waals surface area contributed by atoms with Crippen LogP contribution in [0.2, 0.25) is 0 Å². The fraction of sp³-hybridized carbons (Fsp3) is 0.667.